The summed E-state index contributed by atoms with van der Waals surface area (Å²) in [5, 5.41) is 10.3. The molecule has 0 bridgehead atoms. The molecule has 0 amide bonds. The number of rotatable bonds is 1. The van der Waals surface area contributed by atoms with E-state index in [9.17, 15) is 9.50 Å². The fourth-order valence-corrected chi connectivity index (χ4v) is 2.72. The number of aliphatic hydroxyl groups is 1. The van der Waals surface area contributed by atoms with E-state index >= 15 is 0 Å². The molecule has 3 heterocycles. The Morgan fingerprint density at radius 3 is 2.95 bits per heavy atom. The van der Waals surface area contributed by atoms with Crippen LogP contribution in [0.4, 0.5) is 10.2 Å². The third kappa shape index (κ3) is 2.94. The summed E-state index contributed by atoms with van der Waals surface area (Å²) in [4.78, 5) is 13.6. The molecule has 118 valence electrons. The standard InChI is InChI=1S/C13H13Cl2FN4O2/c1-13(21)5-20(2-3-22-6-13)11-7-4-17-10(14)8(16)9(7)18-12(15)19-11/h4,21H,2-3,5-6H2,1H3. The monoisotopic (exact) mass is 346 g/mol. The zero-order valence-corrected chi connectivity index (χ0v) is 13.2. The molecule has 0 saturated carbocycles. The minimum absolute atomic E-state index is 0.000178. The number of β-amino-alcohol motifs (C(OH)–C–C–N with tert-alkyl or cyclic N) is 1. The molecule has 1 unspecified atom stereocenters. The van der Waals surface area contributed by atoms with Crippen LogP contribution in [0.1, 0.15) is 6.92 Å². The maximum atomic E-state index is 14.1. The van der Waals surface area contributed by atoms with E-state index in [-0.39, 0.29) is 29.1 Å². The second kappa shape index (κ2) is 5.73. The predicted molar refractivity (Wildman–Crippen MR) is 81.0 cm³/mol. The first-order valence-corrected chi connectivity index (χ1v) is 7.35. The van der Waals surface area contributed by atoms with E-state index in [0.717, 1.165) is 0 Å². The minimum atomic E-state index is -1.06. The summed E-state index contributed by atoms with van der Waals surface area (Å²) >= 11 is 11.6. The number of hydrogen-bond donors (Lipinski definition) is 1. The Balaban J connectivity index is 2.15. The lowest BCUT2D eigenvalue weighted by Gasteiger charge is -2.28. The molecule has 1 aliphatic rings. The van der Waals surface area contributed by atoms with E-state index in [1.54, 1.807) is 11.8 Å². The lowest BCUT2D eigenvalue weighted by Crippen LogP contribution is -2.42. The van der Waals surface area contributed by atoms with Gasteiger partial charge in [-0.25, -0.2) is 14.4 Å². The van der Waals surface area contributed by atoms with Crippen molar-refractivity contribution >= 4 is 39.9 Å². The Kier molecular flexibility index (Phi) is 4.07. The zero-order chi connectivity index (χ0) is 15.9. The fraction of sp³-hybridized carbons (Fsp3) is 0.462. The number of hydrogen-bond acceptors (Lipinski definition) is 6. The highest BCUT2D eigenvalue weighted by Crippen LogP contribution is 2.30. The van der Waals surface area contributed by atoms with Crippen molar-refractivity contribution in [3.8, 4) is 0 Å². The Bertz CT molecular complexity index is 729. The average Bonchev–Trinajstić information content (AvgIpc) is 2.63. The highest BCUT2D eigenvalue weighted by atomic mass is 35.5. The molecule has 9 heteroatoms. The van der Waals surface area contributed by atoms with Crippen LogP contribution in [-0.4, -0.2) is 52.0 Å². The number of nitrogens with zero attached hydrogens (tertiary/aromatic N) is 4. The summed E-state index contributed by atoms with van der Waals surface area (Å²) < 4.78 is 19.5. The van der Waals surface area contributed by atoms with Crippen LogP contribution < -0.4 is 4.90 Å². The van der Waals surface area contributed by atoms with Gasteiger partial charge in [0.25, 0.3) is 0 Å². The molecule has 0 radical (unpaired) electrons. The van der Waals surface area contributed by atoms with Crippen LogP contribution in [0.2, 0.25) is 10.4 Å². The Morgan fingerprint density at radius 1 is 1.41 bits per heavy atom. The molecule has 0 aliphatic carbocycles. The predicted octanol–water partition coefficient (Wildman–Crippen LogP) is 2.06. The number of halogens is 3. The van der Waals surface area contributed by atoms with Gasteiger partial charge in [0.15, 0.2) is 11.0 Å². The molecule has 3 rings (SSSR count). The van der Waals surface area contributed by atoms with Gasteiger partial charge < -0.3 is 14.7 Å². The van der Waals surface area contributed by atoms with E-state index in [1.165, 1.54) is 6.20 Å². The van der Waals surface area contributed by atoms with Gasteiger partial charge in [-0.2, -0.15) is 4.98 Å². The van der Waals surface area contributed by atoms with Crippen molar-refractivity contribution in [1.29, 1.82) is 0 Å². The van der Waals surface area contributed by atoms with Crippen LogP contribution in [0.5, 0.6) is 0 Å². The Labute approximate surface area is 135 Å². The second-order valence-electron chi connectivity index (χ2n) is 5.41. The summed E-state index contributed by atoms with van der Waals surface area (Å²) in [5.41, 5.74) is -1.06. The SMILES string of the molecule is CC1(O)COCCN(c2nc(Cl)nc3c(F)c(Cl)ncc23)C1. The van der Waals surface area contributed by atoms with Crippen LogP contribution in [-0.2, 0) is 4.74 Å². The molecule has 1 N–H and O–H groups in total. The van der Waals surface area contributed by atoms with E-state index in [4.69, 9.17) is 27.9 Å². The molecule has 0 aromatic carbocycles. The van der Waals surface area contributed by atoms with Gasteiger partial charge in [0.05, 0.1) is 25.1 Å². The smallest absolute Gasteiger partial charge is 0.225 e. The van der Waals surface area contributed by atoms with E-state index in [1.807, 2.05) is 0 Å². The molecular formula is C13H13Cl2FN4O2. The van der Waals surface area contributed by atoms with Gasteiger partial charge >= 0.3 is 0 Å². The third-order valence-electron chi connectivity index (χ3n) is 3.34. The molecule has 6 nitrogen and oxygen atoms in total. The number of ether oxygens (including phenoxy) is 1. The number of aromatic nitrogens is 3. The van der Waals surface area contributed by atoms with Crippen molar-refractivity contribution in [3.05, 3.63) is 22.5 Å². The fourth-order valence-electron chi connectivity index (χ4n) is 2.42. The van der Waals surface area contributed by atoms with E-state index < -0.39 is 11.4 Å². The van der Waals surface area contributed by atoms with Gasteiger partial charge in [0.1, 0.15) is 16.9 Å². The van der Waals surface area contributed by atoms with Crippen LogP contribution >= 0.6 is 23.2 Å². The molecule has 22 heavy (non-hydrogen) atoms. The molecule has 0 spiro atoms. The number of pyridine rings is 1. The normalized spacial score (nSPS) is 22.9. The van der Waals surface area contributed by atoms with Gasteiger partial charge in [-0.05, 0) is 18.5 Å². The Morgan fingerprint density at radius 2 is 2.18 bits per heavy atom. The van der Waals surface area contributed by atoms with Crippen molar-refractivity contribution in [3.63, 3.8) is 0 Å². The van der Waals surface area contributed by atoms with Crippen LogP contribution in [0.25, 0.3) is 10.9 Å². The molecular weight excluding hydrogens is 334 g/mol. The first kappa shape index (κ1) is 15.6. The Hall–Kier alpha value is -1.28. The van der Waals surface area contributed by atoms with Crippen molar-refractivity contribution in [2.24, 2.45) is 0 Å². The minimum Gasteiger partial charge on any atom is -0.386 e. The van der Waals surface area contributed by atoms with Crippen LogP contribution in [0.15, 0.2) is 6.20 Å². The van der Waals surface area contributed by atoms with E-state index in [2.05, 4.69) is 15.0 Å². The van der Waals surface area contributed by atoms with Crippen molar-refractivity contribution in [2.45, 2.75) is 12.5 Å². The van der Waals surface area contributed by atoms with Crippen molar-refractivity contribution in [1.82, 2.24) is 15.0 Å². The zero-order valence-electron chi connectivity index (χ0n) is 11.7. The third-order valence-corrected chi connectivity index (χ3v) is 3.78. The summed E-state index contributed by atoms with van der Waals surface area (Å²) in [5.74, 6) is -0.355. The summed E-state index contributed by atoms with van der Waals surface area (Å²) in [6.07, 6.45) is 1.40. The summed E-state index contributed by atoms with van der Waals surface area (Å²) in [7, 11) is 0. The first-order chi connectivity index (χ1) is 10.4. The molecule has 1 fully saturated rings. The molecule has 1 saturated heterocycles. The quantitative estimate of drug-likeness (QED) is 0.629. The van der Waals surface area contributed by atoms with Crippen molar-refractivity contribution in [2.75, 3.05) is 31.2 Å². The van der Waals surface area contributed by atoms with Gasteiger partial charge in [-0.3, -0.25) is 0 Å². The maximum Gasteiger partial charge on any atom is 0.225 e. The summed E-state index contributed by atoms with van der Waals surface area (Å²) in [6, 6.07) is 0. The van der Waals surface area contributed by atoms with E-state index in [0.29, 0.717) is 24.4 Å². The molecule has 2 aromatic rings. The maximum absolute atomic E-state index is 14.1. The second-order valence-corrected chi connectivity index (χ2v) is 6.11. The molecule has 2 aromatic heterocycles. The van der Waals surface area contributed by atoms with Gasteiger partial charge in [-0.15, -0.1) is 0 Å². The average molecular weight is 347 g/mol. The van der Waals surface area contributed by atoms with Gasteiger partial charge in [-0.1, -0.05) is 11.6 Å². The van der Waals surface area contributed by atoms with Crippen LogP contribution in [0, 0.1) is 5.82 Å². The van der Waals surface area contributed by atoms with Gasteiger partial charge in [0, 0.05) is 12.7 Å². The molecule has 1 atom stereocenters. The largest absolute Gasteiger partial charge is 0.386 e. The number of fused-ring (bicyclic) bond motifs is 1. The summed E-state index contributed by atoms with van der Waals surface area (Å²) in [6.45, 7) is 3.01. The topological polar surface area (TPSA) is 71.4 Å². The van der Waals surface area contributed by atoms with Gasteiger partial charge in [0.2, 0.25) is 5.28 Å². The number of anilines is 1. The first-order valence-electron chi connectivity index (χ1n) is 6.60. The highest BCUT2D eigenvalue weighted by molar-refractivity contribution is 6.30. The van der Waals surface area contributed by atoms with Crippen molar-refractivity contribution < 1.29 is 14.2 Å². The van der Waals surface area contributed by atoms with Crippen LogP contribution in [0.3, 0.4) is 0 Å². The lowest BCUT2D eigenvalue weighted by molar-refractivity contribution is -0.0123. The lowest BCUT2D eigenvalue weighted by atomic mass is 10.1. The highest BCUT2D eigenvalue weighted by Gasteiger charge is 2.29. The molecule has 1 aliphatic heterocycles.